The molecule has 2 heterocycles. The normalized spacial score (nSPS) is 10.9. The van der Waals surface area contributed by atoms with E-state index >= 15 is 0 Å². The molecule has 0 fully saturated rings. The molecule has 2 aromatic carbocycles. The molecule has 6 heteroatoms. The number of aromatic nitrogens is 2. The van der Waals surface area contributed by atoms with E-state index in [1.54, 1.807) is 24.5 Å². The molecule has 0 atom stereocenters. The molecule has 0 spiro atoms. The van der Waals surface area contributed by atoms with Crippen molar-refractivity contribution in [2.24, 2.45) is 0 Å². The van der Waals surface area contributed by atoms with E-state index in [2.05, 4.69) is 18.8 Å². The zero-order valence-electron chi connectivity index (χ0n) is 19.2. The molecular weight excluding hydrogens is 432 g/mol. The number of ether oxygens (including phenoxy) is 2. The molecule has 0 saturated carbocycles. The predicted molar refractivity (Wildman–Crippen MR) is 132 cm³/mol. The van der Waals surface area contributed by atoms with Crippen LogP contribution in [0.1, 0.15) is 40.3 Å². The van der Waals surface area contributed by atoms with Crippen molar-refractivity contribution in [3.8, 4) is 28.5 Å². The largest absolute Gasteiger partial charge is 0.491 e. The average molecular weight is 459 g/mol. The summed E-state index contributed by atoms with van der Waals surface area (Å²) in [6.45, 7) is 8.11. The molecule has 5 nitrogen and oxygen atoms in total. The number of carbonyl (C=O) groups is 1. The van der Waals surface area contributed by atoms with Crippen molar-refractivity contribution in [3.63, 3.8) is 0 Å². The van der Waals surface area contributed by atoms with E-state index in [0.717, 1.165) is 44.6 Å². The fourth-order valence-corrected chi connectivity index (χ4v) is 4.45. The topological polar surface area (TPSA) is 61.3 Å². The number of hydrogen-bond donors (Lipinski definition) is 0. The third-order valence-corrected chi connectivity index (χ3v) is 5.91. The van der Waals surface area contributed by atoms with Crippen LogP contribution >= 0.6 is 11.3 Å². The van der Waals surface area contributed by atoms with E-state index in [9.17, 15) is 4.79 Å². The SMILES string of the molecule is Cc1cc(Oc2ccc(OC(C)C)cc2)cc(C)c1-c1csc(CC(=O)c2ccncc2)n1. The lowest BCUT2D eigenvalue weighted by Gasteiger charge is -2.13. The Morgan fingerprint density at radius 2 is 1.58 bits per heavy atom. The molecule has 0 aliphatic rings. The van der Waals surface area contributed by atoms with Crippen molar-refractivity contribution in [1.82, 2.24) is 9.97 Å². The lowest BCUT2D eigenvalue weighted by Crippen LogP contribution is -2.05. The van der Waals surface area contributed by atoms with E-state index in [0.29, 0.717) is 5.56 Å². The number of Topliss-reactive ketones (excluding diaryl/α,β-unsaturated/α-hetero) is 1. The van der Waals surface area contributed by atoms with Gasteiger partial charge in [-0.15, -0.1) is 11.3 Å². The number of pyridine rings is 1. The Morgan fingerprint density at radius 3 is 2.21 bits per heavy atom. The molecule has 33 heavy (non-hydrogen) atoms. The molecule has 0 aliphatic heterocycles. The van der Waals surface area contributed by atoms with Gasteiger partial charge in [-0.25, -0.2) is 4.98 Å². The third-order valence-electron chi connectivity index (χ3n) is 5.06. The molecule has 4 rings (SSSR count). The molecule has 0 unspecified atom stereocenters. The van der Waals surface area contributed by atoms with Crippen molar-refractivity contribution in [2.75, 3.05) is 0 Å². The van der Waals surface area contributed by atoms with Crippen LogP contribution in [0.4, 0.5) is 0 Å². The quantitative estimate of drug-likeness (QED) is 0.271. The van der Waals surface area contributed by atoms with Crippen LogP contribution < -0.4 is 9.47 Å². The monoisotopic (exact) mass is 458 g/mol. The summed E-state index contributed by atoms with van der Waals surface area (Å²) in [5.74, 6) is 2.39. The first kappa shape index (κ1) is 22.7. The minimum Gasteiger partial charge on any atom is -0.491 e. The Balaban J connectivity index is 1.49. The summed E-state index contributed by atoms with van der Waals surface area (Å²) in [4.78, 5) is 21.2. The number of aryl methyl sites for hydroxylation is 2. The van der Waals surface area contributed by atoms with Gasteiger partial charge in [-0.2, -0.15) is 0 Å². The molecule has 4 aromatic rings. The van der Waals surface area contributed by atoms with Crippen LogP contribution in [0.3, 0.4) is 0 Å². The van der Waals surface area contributed by atoms with Crippen molar-refractivity contribution in [1.29, 1.82) is 0 Å². The number of nitrogens with zero attached hydrogens (tertiary/aromatic N) is 2. The summed E-state index contributed by atoms with van der Waals surface area (Å²) in [5, 5.41) is 2.81. The number of ketones is 1. The zero-order valence-corrected chi connectivity index (χ0v) is 20.0. The second kappa shape index (κ2) is 9.96. The highest BCUT2D eigenvalue weighted by atomic mass is 32.1. The van der Waals surface area contributed by atoms with Gasteiger partial charge in [0.1, 0.15) is 22.3 Å². The van der Waals surface area contributed by atoms with Crippen molar-refractivity contribution in [2.45, 2.75) is 40.2 Å². The molecule has 0 bridgehead atoms. The van der Waals surface area contributed by atoms with Crippen LogP contribution in [0.25, 0.3) is 11.3 Å². The summed E-state index contributed by atoms with van der Waals surface area (Å²) in [5.41, 5.74) is 4.75. The molecule has 2 aromatic heterocycles. The highest BCUT2D eigenvalue weighted by Gasteiger charge is 2.15. The number of hydrogen-bond acceptors (Lipinski definition) is 6. The molecular formula is C27H26N2O3S. The van der Waals surface area contributed by atoms with Crippen LogP contribution in [-0.4, -0.2) is 21.9 Å². The summed E-state index contributed by atoms with van der Waals surface area (Å²) in [7, 11) is 0. The molecule has 0 aliphatic carbocycles. The molecule has 168 valence electrons. The Kier molecular flexibility index (Phi) is 6.84. The van der Waals surface area contributed by atoms with Crippen molar-refractivity contribution < 1.29 is 14.3 Å². The van der Waals surface area contributed by atoms with Gasteiger partial charge < -0.3 is 9.47 Å². The first-order valence-electron chi connectivity index (χ1n) is 10.8. The Morgan fingerprint density at radius 1 is 0.939 bits per heavy atom. The van der Waals surface area contributed by atoms with Crippen LogP contribution in [0.5, 0.6) is 17.2 Å². The van der Waals surface area contributed by atoms with Crippen LogP contribution in [0.2, 0.25) is 0 Å². The first-order chi connectivity index (χ1) is 15.9. The Bertz CT molecular complexity index is 1230. The Hall–Kier alpha value is -3.51. The van der Waals surface area contributed by atoms with E-state index in [4.69, 9.17) is 14.5 Å². The Labute approximate surface area is 198 Å². The highest BCUT2D eigenvalue weighted by Crippen LogP contribution is 2.34. The lowest BCUT2D eigenvalue weighted by molar-refractivity contribution is 0.0993. The van der Waals surface area contributed by atoms with Crippen LogP contribution in [0, 0.1) is 13.8 Å². The molecule has 0 saturated heterocycles. The maximum Gasteiger partial charge on any atom is 0.169 e. The molecule has 0 amide bonds. The van der Waals surface area contributed by atoms with Crippen LogP contribution in [-0.2, 0) is 6.42 Å². The van der Waals surface area contributed by atoms with E-state index < -0.39 is 0 Å². The number of carbonyl (C=O) groups excluding carboxylic acids is 1. The van der Waals surface area contributed by atoms with Gasteiger partial charge in [-0.3, -0.25) is 9.78 Å². The standard InChI is InChI=1S/C27H26N2O3S/c1-17(2)31-21-5-7-22(8-6-21)32-23-13-18(3)27(19(4)14-23)24-16-33-26(29-24)15-25(30)20-9-11-28-12-10-20/h5-14,16-17H,15H2,1-4H3. The van der Waals surface area contributed by atoms with E-state index in [-0.39, 0.29) is 18.3 Å². The lowest BCUT2D eigenvalue weighted by atomic mass is 10.00. The number of benzene rings is 2. The van der Waals surface area contributed by atoms with Gasteiger partial charge in [0.05, 0.1) is 18.2 Å². The maximum atomic E-state index is 12.5. The van der Waals surface area contributed by atoms with Gasteiger partial charge >= 0.3 is 0 Å². The van der Waals surface area contributed by atoms with Gasteiger partial charge in [0, 0.05) is 28.9 Å². The average Bonchev–Trinajstić information content (AvgIpc) is 3.22. The summed E-state index contributed by atoms with van der Waals surface area (Å²) < 4.78 is 11.8. The summed E-state index contributed by atoms with van der Waals surface area (Å²) in [6.07, 6.45) is 3.68. The fraction of sp³-hybridized carbons (Fsp3) is 0.222. The van der Waals surface area contributed by atoms with Gasteiger partial charge in [-0.1, -0.05) is 0 Å². The molecule has 0 radical (unpaired) electrons. The predicted octanol–water partition coefficient (Wildman–Crippen LogP) is 6.83. The minimum absolute atomic E-state index is 0.0419. The van der Waals surface area contributed by atoms with E-state index in [1.165, 1.54) is 11.3 Å². The van der Waals surface area contributed by atoms with Gasteiger partial charge in [0.25, 0.3) is 0 Å². The first-order valence-corrected chi connectivity index (χ1v) is 11.7. The second-order valence-corrected chi connectivity index (χ2v) is 9.08. The van der Waals surface area contributed by atoms with Gasteiger partial charge in [0.2, 0.25) is 0 Å². The highest BCUT2D eigenvalue weighted by molar-refractivity contribution is 7.10. The molecule has 0 N–H and O–H groups in total. The minimum atomic E-state index is 0.0419. The number of thiazole rings is 1. The van der Waals surface area contributed by atoms with Gasteiger partial charge in [0.15, 0.2) is 5.78 Å². The van der Waals surface area contributed by atoms with Crippen LogP contribution in [0.15, 0.2) is 66.3 Å². The van der Waals surface area contributed by atoms with Crippen molar-refractivity contribution >= 4 is 17.1 Å². The van der Waals surface area contributed by atoms with Gasteiger partial charge in [-0.05, 0) is 87.4 Å². The van der Waals surface area contributed by atoms with Crippen molar-refractivity contribution in [3.05, 3.63) is 88.0 Å². The summed E-state index contributed by atoms with van der Waals surface area (Å²) >= 11 is 1.51. The maximum absolute atomic E-state index is 12.5. The smallest absolute Gasteiger partial charge is 0.169 e. The second-order valence-electron chi connectivity index (χ2n) is 8.13. The van der Waals surface area contributed by atoms with E-state index in [1.807, 2.05) is 55.6 Å². The fourth-order valence-electron chi connectivity index (χ4n) is 3.67. The third kappa shape index (κ3) is 5.65. The number of rotatable bonds is 8. The zero-order chi connectivity index (χ0) is 23.4. The summed E-state index contributed by atoms with van der Waals surface area (Å²) in [6, 6.07) is 15.1.